The van der Waals surface area contributed by atoms with Gasteiger partial charge in [-0.05, 0) is 73.0 Å². The molecule has 6 aliphatic rings. The highest BCUT2D eigenvalue weighted by atomic mass is 16.7. The van der Waals surface area contributed by atoms with Gasteiger partial charge in [-0.1, -0.05) is 19.1 Å². The van der Waals surface area contributed by atoms with E-state index in [4.69, 9.17) is 31.4 Å². The van der Waals surface area contributed by atoms with Crippen LogP contribution in [0, 0.1) is 5.92 Å². The summed E-state index contributed by atoms with van der Waals surface area (Å²) in [6, 6.07) is 2.38. The molecule has 4 aliphatic heterocycles. The summed E-state index contributed by atoms with van der Waals surface area (Å²) in [5.41, 5.74) is 17.9. The van der Waals surface area contributed by atoms with Crippen LogP contribution in [0.15, 0.2) is 76.7 Å². The molecule has 4 heterocycles. The number of aliphatic hydroxyl groups is 4. The van der Waals surface area contributed by atoms with E-state index in [0.717, 1.165) is 22.6 Å². The molecule has 2 aromatic rings. The number of aliphatic imine (C=N–C) groups is 1. The Hall–Kier alpha value is -6.55. The van der Waals surface area contributed by atoms with E-state index in [1.807, 2.05) is 18.4 Å². The van der Waals surface area contributed by atoms with Crippen molar-refractivity contribution in [3.63, 3.8) is 0 Å². The standard InChI is InChI=1S/C47H56N8O12/c1-4-25-29(65-3)16-30(66-45-43(62)44(63)47(64,31(20-56)67-45)17-24(22-11-12-52-33(49)14-22)19-55-34(57)9-10-35(55)58)39-37(25)40(59)27-15-26-23(13-21-5-8-32(48)53-18-21)6-7-28(54-46(50)51-2)36(26)41(60)38(27)42(39)61/h5,8-11,14-16,18,23-24,28,31-32,43-45,52-53,56,60,62-64H,4,6-7,12-13,17,19-20,48-49H2,1-3H3,(H3,50,51,54)/t23-,24+,28+,31+,32?,43+,44+,45+,47+/m0/s1. The Balaban J connectivity index is 1.16. The fourth-order valence-corrected chi connectivity index (χ4v) is 10.1. The molecule has 0 saturated carbocycles. The number of hydrogen-bond acceptors (Lipinski definition) is 17. The number of allylic oxidation sites excluding steroid dienone is 3. The number of nitrogens with zero attached hydrogens (tertiary/aromatic N) is 2. The van der Waals surface area contributed by atoms with Gasteiger partial charge in [0.05, 0.1) is 42.9 Å². The van der Waals surface area contributed by atoms with Crippen molar-refractivity contribution < 1.29 is 58.9 Å². The largest absolute Gasteiger partial charge is 0.507 e. The van der Waals surface area contributed by atoms with Crippen molar-refractivity contribution >= 4 is 29.3 Å². The van der Waals surface area contributed by atoms with Crippen LogP contribution < -0.4 is 42.6 Å². The molecule has 356 valence electrons. The van der Waals surface area contributed by atoms with E-state index < -0.39 is 84.3 Å². The van der Waals surface area contributed by atoms with E-state index in [0.29, 0.717) is 41.5 Å². The van der Waals surface area contributed by atoms with E-state index >= 15 is 9.59 Å². The molecule has 0 bridgehead atoms. The van der Waals surface area contributed by atoms with Crippen molar-refractivity contribution in [3.05, 3.63) is 111 Å². The molecule has 0 spiro atoms. The van der Waals surface area contributed by atoms with Crippen LogP contribution in [-0.4, -0.2) is 130 Å². The van der Waals surface area contributed by atoms with Crippen LogP contribution in [-0.2, 0) is 20.7 Å². The Morgan fingerprint density at radius 3 is 2.46 bits per heavy atom. The molecular formula is C47H56N8O12. The molecule has 20 heteroatoms. The van der Waals surface area contributed by atoms with Gasteiger partial charge in [-0.3, -0.25) is 29.1 Å². The van der Waals surface area contributed by atoms with Crippen molar-refractivity contribution in [3.8, 4) is 17.2 Å². The maximum Gasteiger partial charge on any atom is 0.253 e. The summed E-state index contributed by atoms with van der Waals surface area (Å²) in [6.07, 6.45) is 4.38. The number of carbonyl (C=O) groups is 4. The van der Waals surface area contributed by atoms with Gasteiger partial charge in [-0.25, -0.2) is 0 Å². The van der Waals surface area contributed by atoms with Gasteiger partial charge in [0.25, 0.3) is 11.8 Å². The van der Waals surface area contributed by atoms with Crippen LogP contribution in [0.4, 0.5) is 0 Å². The summed E-state index contributed by atoms with van der Waals surface area (Å²) in [6.45, 7) is 0.865. The van der Waals surface area contributed by atoms with Gasteiger partial charge in [0, 0.05) is 72.7 Å². The molecule has 2 aliphatic carbocycles. The van der Waals surface area contributed by atoms with Gasteiger partial charge in [-0.15, -0.1) is 0 Å². The zero-order valence-corrected chi connectivity index (χ0v) is 37.2. The van der Waals surface area contributed by atoms with Crippen molar-refractivity contribution in [2.45, 2.75) is 87.4 Å². The number of ketones is 2. The molecule has 0 aromatic heterocycles. The van der Waals surface area contributed by atoms with E-state index in [2.05, 4.69) is 20.9 Å². The number of imide groups is 1. The normalized spacial score (nSPS) is 28.4. The number of ether oxygens (including phenoxy) is 3. The zero-order chi connectivity index (χ0) is 48.1. The highest BCUT2D eigenvalue weighted by molar-refractivity contribution is 6.31. The first-order valence-corrected chi connectivity index (χ1v) is 22.1. The van der Waals surface area contributed by atoms with E-state index in [1.54, 1.807) is 25.1 Å². The Morgan fingerprint density at radius 2 is 1.82 bits per heavy atom. The number of fused-ring (bicyclic) bond motifs is 3. The van der Waals surface area contributed by atoms with Crippen molar-refractivity contribution in [2.75, 3.05) is 33.9 Å². The number of aromatic hydroxyl groups is 1. The summed E-state index contributed by atoms with van der Waals surface area (Å²) in [7, 11) is 2.87. The number of rotatable bonds is 13. The van der Waals surface area contributed by atoms with Crippen LogP contribution >= 0.6 is 0 Å². The molecule has 1 fully saturated rings. The van der Waals surface area contributed by atoms with Gasteiger partial charge < -0.3 is 72.9 Å². The third-order valence-corrected chi connectivity index (χ3v) is 13.5. The lowest BCUT2D eigenvalue weighted by Gasteiger charge is -2.49. The number of benzene rings is 2. The van der Waals surface area contributed by atoms with E-state index in [1.165, 1.54) is 20.2 Å². The van der Waals surface area contributed by atoms with Crippen LogP contribution in [0.25, 0.3) is 0 Å². The average Bonchev–Trinajstić information content (AvgIpc) is 3.63. The third-order valence-electron chi connectivity index (χ3n) is 13.5. The first-order valence-electron chi connectivity index (χ1n) is 22.1. The fourth-order valence-electron chi connectivity index (χ4n) is 10.1. The number of hydrogen-bond donors (Lipinski definition) is 11. The first-order chi connectivity index (χ1) is 32.0. The number of nitrogens with one attached hydrogen (secondary N) is 3. The maximum atomic E-state index is 15.1. The van der Waals surface area contributed by atoms with Crippen LogP contribution in [0.3, 0.4) is 0 Å². The number of guanidine groups is 1. The topological polar surface area (TPSA) is 327 Å². The Morgan fingerprint density at radius 1 is 1.07 bits per heavy atom. The molecular weight excluding hydrogens is 869 g/mol. The van der Waals surface area contributed by atoms with Gasteiger partial charge in [0.2, 0.25) is 12.1 Å². The number of phenolic OH excluding ortho intramolecular Hbond substituents is 1. The van der Waals surface area contributed by atoms with Crippen LogP contribution in [0.5, 0.6) is 17.2 Å². The Bertz CT molecular complexity index is 2560. The summed E-state index contributed by atoms with van der Waals surface area (Å²) in [5.74, 6) is -3.93. The minimum absolute atomic E-state index is 0.0448. The molecule has 1 saturated heterocycles. The van der Waals surface area contributed by atoms with E-state index in [-0.39, 0.29) is 77.1 Å². The van der Waals surface area contributed by atoms with Crippen LogP contribution in [0.1, 0.15) is 93.1 Å². The molecule has 1 unspecified atom stereocenters. The van der Waals surface area contributed by atoms with Gasteiger partial charge in [0.1, 0.15) is 41.2 Å². The minimum Gasteiger partial charge on any atom is -0.507 e. The van der Waals surface area contributed by atoms with Gasteiger partial charge in [0.15, 0.2) is 11.7 Å². The minimum atomic E-state index is -2.44. The number of carbonyl (C=O) groups excluding carboxylic acids is 4. The third kappa shape index (κ3) is 8.44. The quantitative estimate of drug-likeness (QED) is 0.0597. The van der Waals surface area contributed by atoms with Crippen molar-refractivity contribution in [1.82, 2.24) is 20.9 Å². The Labute approximate surface area is 385 Å². The molecule has 20 nitrogen and oxygen atoms in total. The number of methoxy groups -OCH3 is 1. The molecule has 9 atom stereocenters. The van der Waals surface area contributed by atoms with Crippen LogP contribution in [0.2, 0.25) is 0 Å². The predicted molar refractivity (Wildman–Crippen MR) is 241 cm³/mol. The smallest absolute Gasteiger partial charge is 0.253 e. The van der Waals surface area contributed by atoms with Gasteiger partial charge in [-0.2, -0.15) is 0 Å². The van der Waals surface area contributed by atoms with Gasteiger partial charge >= 0.3 is 0 Å². The Kier molecular flexibility index (Phi) is 13.0. The number of dihydropyridines is 2. The number of amides is 2. The fraction of sp³-hybridized carbons (Fsp3) is 0.426. The van der Waals surface area contributed by atoms with Crippen molar-refractivity contribution in [1.29, 1.82) is 0 Å². The lowest BCUT2D eigenvalue weighted by molar-refractivity contribution is -0.316. The molecule has 14 N–H and O–H groups in total. The summed E-state index contributed by atoms with van der Waals surface area (Å²) in [5, 5.41) is 68.0. The molecule has 8 rings (SSSR count). The summed E-state index contributed by atoms with van der Waals surface area (Å²) in [4.78, 5) is 60.4. The molecule has 2 aromatic carbocycles. The lowest BCUT2D eigenvalue weighted by atomic mass is 9.71. The first kappa shape index (κ1) is 47.0. The molecule has 0 radical (unpaired) electrons. The monoisotopic (exact) mass is 924 g/mol. The number of phenols is 1. The summed E-state index contributed by atoms with van der Waals surface area (Å²) < 4.78 is 18.0. The summed E-state index contributed by atoms with van der Waals surface area (Å²) >= 11 is 0. The number of nitrogens with two attached hydrogens (primary N) is 3. The zero-order valence-electron chi connectivity index (χ0n) is 37.2. The second-order valence-electron chi connectivity index (χ2n) is 17.4. The highest BCUT2D eigenvalue weighted by Crippen LogP contribution is 2.51. The highest BCUT2D eigenvalue weighted by Gasteiger charge is 2.57. The second kappa shape index (κ2) is 18.6. The second-order valence-corrected chi connectivity index (χ2v) is 17.4. The lowest BCUT2D eigenvalue weighted by Crippen LogP contribution is -2.68. The SMILES string of the molecule is CCc1c(OC)cc(O[C@@H]2O[C@H](CO)[C@](O)(C[C@H](CN3C(=O)C=CC3=O)C3=CCNC(N)=C3)[C@H](O)[C@H]2O)c2c1C(=O)c1cc3c(c(O)c1C2=O)[C@H](NC(N)=NC)CC[C@H]3CC1=CNC(N)C=C1. The molecule has 2 amide bonds. The van der Waals surface area contributed by atoms with Crippen molar-refractivity contribution in [2.24, 2.45) is 28.1 Å². The van der Waals surface area contributed by atoms with E-state index in [9.17, 15) is 35.1 Å². The predicted octanol–water partition coefficient (Wildman–Crippen LogP) is -0.281. The maximum absolute atomic E-state index is 15.1. The average molecular weight is 925 g/mol. The number of aliphatic hydroxyl groups excluding tert-OH is 3. The molecule has 67 heavy (non-hydrogen) atoms.